The van der Waals surface area contributed by atoms with Crippen LogP contribution in [-0.2, 0) is 6.54 Å². The van der Waals surface area contributed by atoms with Crippen molar-refractivity contribution in [3.8, 4) is 11.3 Å². The molecule has 138 valence electrons. The van der Waals surface area contributed by atoms with Crippen molar-refractivity contribution in [1.29, 1.82) is 0 Å². The van der Waals surface area contributed by atoms with E-state index in [1.165, 1.54) is 11.6 Å². The molecule has 6 heteroatoms. The monoisotopic (exact) mass is 380 g/mol. The zero-order chi connectivity index (χ0) is 18.6. The number of nitrogens with zero attached hydrogens (tertiary/aromatic N) is 3. The molecule has 4 rings (SSSR count). The lowest BCUT2D eigenvalue weighted by Gasteiger charge is -2.35. The number of anilines is 1. The fraction of sp³-hybridized carbons (Fsp3) is 0.238. The van der Waals surface area contributed by atoms with Crippen molar-refractivity contribution in [2.45, 2.75) is 6.54 Å². The molecule has 0 aliphatic carbocycles. The predicted molar refractivity (Wildman–Crippen MR) is 109 cm³/mol. The number of H-pyrrole nitrogens is 1. The van der Waals surface area contributed by atoms with Crippen molar-refractivity contribution in [3.63, 3.8) is 0 Å². The van der Waals surface area contributed by atoms with E-state index < -0.39 is 0 Å². The maximum Gasteiger partial charge on any atom is 0.252 e. The zero-order valence-electron chi connectivity index (χ0n) is 14.9. The molecule has 0 saturated carbocycles. The Morgan fingerprint density at radius 2 is 1.67 bits per heavy atom. The summed E-state index contributed by atoms with van der Waals surface area (Å²) in [4.78, 5) is 24.3. The number of halogens is 1. The molecule has 0 amide bonds. The summed E-state index contributed by atoms with van der Waals surface area (Å²) in [7, 11) is 0. The van der Waals surface area contributed by atoms with Gasteiger partial charge in [-0.05, 0) is 17.7 Å². The zero-order valence-corrected chi connectivity index (χ0v) is 15.7. The number of aromatic amines is 1. The molecule has 1 aromatic heterocycles. The smallest absolute Gasteiger partial charge is 0.252 e. The van der Waals surface area contributed by atoms with Gasteiger partial charge in [-0.1, -0.05) is 54.1 Å². The van der Waals surface area contributed by atoms with Crippen LogP contribution in [0.1, 0.15) is 5.56 Å². The highest BCUT2D eigenvalue weighted by molar-refractivity contribution is 6.30. The fourth-order valence-electron chi connectivity index (χ4n) is 3.32. The summed E-state index contributed by atoms with van der Waals surface area (Å²) in [6, 6.07) is 19.4. The van der Waals surface area contributed by atoms with Gasteiger partial charge in [0.1, 0.15) is 0 Å². The Morgan fingerprint density at radius 1 is 0.963 bits per heavy atom. The summed E-state index contributed by atoms with van der Waals surface area (Å²) < 4.78 is 0. The minimum atomic E-state index is -0.142. The van der Waals surface area contributed by atoms with Gasteiger partial charge in [0.15, 0.2) is 0 Å². The molecule has 0 atom stereocenters. The summed E-state index contributed by atoms with van der Waals surface area (Å²) in [6.45, 7) is 4.48. The molecule has 1 N–H and O–H groups in total. The summed E-state index contributed by atoms with van der Waals surface area (Å²) in [5, 5.41) is 0.665. The number of rotatable bonds is 4. The van der Waals surface area contributed by atoms with Gasteiger partial charge in [-0.25, -0.2) is 4.98 Å². The Kier molecular flexibility index (Phi) is 5.23. The Bertz CT molecular complexity index is 948. The molecule has 1 aliphatic heterocycles. The van der Waals surface area contributed by atoms with Crippen molar-refractivity contribution in [1.82, 2.24) is 14.9 Å². The molecule has 3 aromatic rings. The van der Waals surface area contributed by atoms with Gasteiger partial charge < -0.3 is 4.90 Å². The van der Waals surface area contributed by atoms with Crippen molar-refractivity contribution in [2.75, 3.05) is 31.1 Å². The van der Waals surface area contributed by atoms with Crippen LogP contribution in [0.5, 0.6) is 0 Å². The van der Waals surface area contributed by atoms with Crippen LogP contribution >= 0.6 is 11.6 Å². The van der Waals surface area contributed by atoms with Gasteiger partial charge in [0, 0.05) is 49.4 Å². The van der Waals surface area contributed by atoms with E-state index >= 15 is 0 Å². The first-order valence-electron chi connectivity index (χ1n) is 9.06. The highest BCUT2D eigenvalue weighted by Crippen LogP contribution is 2.21. The van der Waals surface area contributed by atoms with Crippen LogP contribution in [0.15, 0.2) is 65.5 Å². The van der Waals surface area contributed by atoms with Crippen LogP contribution in [0.4, 0.5) is 5.95 Å². The molecule has 0 bridgehead atoms. The SMILES string of the molecule is O=c1cc(-c2ccc(Cl)cc2)nc(N2CCN(Cc3ccccc3)CC2)[nH]1. The van der Waals surface area contributed by atoms with Crippen LogP contribution in [0, 0.1) is 0 Å². The highest BCUT2D eigenvalue weighted by atomic mass is 35.5. The van der Waals surface area contributed by atoms with E-state index in [2.05, 4.69) is 44.0 Å². The summed E-state index contributed by atoms with van der Waals surface area (Å²) in [5.41, 5.74) is 2.73. The fourth-order valence-corrected chi connectivity index (χ4v) is 3.45. The van der Waals surface area contributed by atoms with Gasteiger partial charge in [-0.2, -0.15) is 0 Å². The number of benzene rings is 2. The van der Waals surface area contributed by atoms with E-state index in [0.717, 1.165) is 38.3 Å². The second-order valence-corrected chi connectivity index (χ2v) is 7.15. The van der Waals surface area contributed by atoms with Gasteiger partial charge >= 0.3 is 0 Å². The maximum atomic E-state index is 12.1. The Hall–Kier alpha value is -2.63. The number of piperazine rings is 1. The summed E-state index contributed by atoms with van der Waals surface area (Å²) >= 11 is 5.95. The molecule has 27 heavy (non-hydrogen) atoms. The lowest BCUT2D eigenvalue weighted by Crippen LogP contribution is -2.46. The Balaban J connectivity index is 1.46. The van der Waals surface area contributed by atoms with Crippen LogP contribution in [0.3, 0.4) is 0 Å². The van der Waals surface area contributed by atoms with Crippen molar-refractivity contribution < 1.29 is 0 Å². The third kappa shape index (κ3) is 4.38. The van der Waals surface area contributed by atoms with E-state index in [1.807, 2.05) is 30.3 Å². The van der Waals surface area contributed by atoms with Crippen LogP contribution < -0.4 is 10.5 Å². The first-order chi connectivity index (χ1) is 13.2. The van der Waals surface area contributed by atoms with E-state index in [1.54, 1.807) is 0 Å². The lowest BCUT2D eigenvalue weighted by atomic mass is 10.1. The van der Waals surface area contributed by atoms with Crippen molar-refractivity contribution in [2.24, 2.45) is 0 Å². The molecule has 5 nitrogen and oxygen atoms in total. The normalized spacial score (nSPS) is 15.1. The van der Waals surface area contributed by atoms with E-state index in [4.69, 9.17) is 11.6 Å². The largest absolute Gasteiger partial charge is 0.340 e. The van der Waals surface area contributed by atoms with Gasteiger partial charge in [0.25, 0.3) is 5.56 Å². The summed E-state index contributed by atoms with van der Waals surface area (Å²) in [5.74, 6) is 0.631. The number of aromatic nitrogens is 2. The first-order valence-corrected chi connectivity index (χ1v) is 9.44. The van der Waals surface area contributed by atoms with Gasteiger partial charge in [-0.3, -0.25) is 14.7 Å². The predicted octanol–water partition coefficient (Wildman–Crippen LogP) is 3.41. The maximum absolute atomic E-state index is 12.1. The van der Waals surface area contributed by atoms with Gasteiger partial charge in [0.2, 0.25) is 5.95 Å². The molecular formula is C21H21ClN4O. The molecule has 1 saturated heterocycles. The standard InChI is InChI=1S/C21H21ClN4O/c22-18-8-6-17(7-9-18)19-14-20(27)24-21(23-19)26-12-10-25(11-13-26)15-16-4-2-1-3-5-16/h1-9,14H,10-13,15H2,(H,23,24,27). The second-order valence-electron chi connectivity index (χ2n) is 6.71. The van der Waals surface area contributed by atoms with Crippen LogP contribution in [-0.4, -0.2) is 41.0 Å². The molecule has 0 radical (unpaired) electrons. The third-order valence-corrected chi connectivity index (χ3v) is 5.04. The topological polar surface area (TPSA) is 52.2 Å². The van der Waals surface area contributed by atoms with Gasteiger partial charge in [0.05, 0.1) is 5.69 Å². The molecule has 0 spiro atoms. The average molecular weight is 381 g/mol. The number of hydrogen-bond acceptors (Lipinski definition) is 4. The molecule has 0 unspecified atom stereocenters. The molecule has 1 aliphatic rings. The van der Waals surface area contributed by atoms with Crippen LogP contribution in [0.25, 0.3) is 11.3 Å². The van der Waals surface area contributed by atoms with E-state index in [0.29, 0.717) is 16.7 Å². The van der Waals surface area contributed by atoms with E-state index in [-0.39, 0.29) is 5.56 Å². The molecule has 2 heterocycles. The van der Waals surface area contributed by atoms with Crippen molar-refractivity contribution >= 4 is 17.5 Å². The average Bonchev–Trinajstić information content (AvgIpc) is 2.69. The second kappa shape index (κ2) is 7.94. The molecule has 2 aromatic carbocycles. The van der Waals surface area contributed by atoms with E-state index in [9.17, 15) is 4.79 Å². The minimum absolute atomic E-state index is 0.142. The number of hydrogen-bond donors (Lipinski definition) is 1. The quantitative estimate of drug-likeness (QED) is 0.753. The molecule has 1 fully saturated rings. The first kappa shape index (κ1) is 17.8. The third-order valence-electron chi connectivity index (χ3n) is 4.79. The summed E-state index contributed by atoms with van der Waals surface area (Å²) in [6.07, 6.45) is 0. The van der Waals surface area contributed by atoms with Crippen molar-refractivity contribution in [3.05, 3.63) is 81.6 Å². The highest BCUT2D eigenvalue weighted by Gasteiger charge is 2.19. The Labute approximate surface area is 163 Å². The number of nitrogens with one attached hydrogen (secondary N) is 1. The van der Waals surface area contributed by atoms with Gasteiger partial charge in [-0.15, -0.1) is 0 Å². The van der Waals surface area contributed by atoms with Crippen LogP contribution in [0.2, 0.25) is 5.02 Å². The molecular weight excluding hydrogens is 360 g/mol. The minimum Gasteiger partial charge on any atom is -0.340 e. The lowest BCUT2D eigenvalue weighted by molar-refractivity contribution is 0.248. The Morgan fingerprint density at radius 3 is 2.37 bits per heavy atom.